The van der Waals surface area contributed by atoms with Crippen molar-refractivity contribution < 1.29 is 19.2 Å². The van der Waals surface area contributed by atoms with Gasteiger partial charge in [0.1, 0.15) is 5.60 Å². The van der Waals surface area contributed by atoms with Crippen LogP contribution >= 0.6 is 0 Å². The van der Waals surface area contributed by atoms with E-state index in [1.165, 1.54) is 12.1 Å². The van der Waals surface area contributed by atoms with Crippen LogP contribution in [0.2, 0.25) is 0 Å². The number of hydrogen-bond acceptors (Lipinski definition) is 6. The van der Waals surface area contributed by atoms with E-state index in [0.29, 0.717) is 31.9 Å². The summed E-state index contributed by atoms with van der Waals surface area (Å²) in [5.74, 6) is -0.125. The minimum atomic E-state index is -0.549. The van der Waals surface area contributed by atoms with E-state index in [2.05, 4.69) is 5.32 Å². The average Bonchev–Trinajstić information content (AvgIpc) is 2.58. The summed E-state index contributed by atoms with van der Waals surface area (Å²) in [6.07, 6.45) is -0.376. The lowest BCUT2D eigenvalue weighted by molar-refractivity contribution is -0.384. The Balaban J connectivity index is 1.80. The normalized spacial score (nSPS) is 14.7. The molecule has 0 saturated carbocycles. The number of nitrogens with one attached hydrogen (secondary N) is 1. The Morgan fingerprint density at radius 2 is 1.81 bits per heavy atom. The van der Waals surface area contributed by atoms with Gasteiger partial charge < -0.3 is 19.9 Å². The lowest BCUT2D eigenvalue weighted by atomic mass is 10.2. The third kappa shape index (κ3) is 5.61. The van der Waals surface area contributed by atoms with Gasteiger partial charge in [0, 0.05) is 44.0 Å². The molecule has 2 rings (SSSR count). The SMILES string of the molecule is CC(C)(C)OC(=O)N1CCN(C(=O)CNc2cccc([N+](=O)[O-])c2)CC1. The summed E-state index contributed by atoms with van der Waals surface area (Å²) in [7, 11) is 0. The number of benzene rings is 1. The highest BCUT2D eigenvalue weighted by Crippen LogP contribution is 2.17. The summed E-state index contributed by atoms with van der Waals surface area (Å²) < 4.78 is 5.32. The molecule has 1 aliphatic heterocycles. The summed E-state index contributed by atoms with van der Waals surface area (Å²) >= 11 is 0. The van der Waals surface area contributed by atoms with Gasteiger partial charge in [-0.1, -0.05) is 6.07 Å². The number of hydrogen-bond donors (Lipinski definition) is 1. The van der Waals surface area contributed by atoms with Gasteiger partial charge in [0.2, 0.25) is 5.91 Å². The molecule has 1 N–H and O–H groups in total. The van der Waals surface area contributed by atoms with E-state index >= 15 is 0 Å². The zero-order valence-corrected chi connectivity index (χ0v) is 15.2. The van der Waals surface area contributed by atoms with E-state index in [0.717, 1.165) is 0 Å². The highest BCUT2D eigenvalue weighted by Gasteiger charge is 2.27. The standard InChI is InChI=1S/C17H24N4O5/c1-17(2,3)26-16(23)20-9-7-19(8-10-20)15(22)12-18-13-5-4-6-14(11-13)21(24)25/h4-6,11,18H,7-10,12H2,1-3H3. The van der Waals surface area contributed by atoms with Crippen LogP contribution in [0.5, 0.6) is 0 Å². The Morgan fingerprint density at radius 3 is 2.38 bits per heavy atom. The smallest absolute Gasteiger partial charge is 0.410 e. The number of non-ortho nitro benzene ring substituents is 1. The molecule has 0 unspecified atom stereocenters. The minimum Gasteiger partial charge on any atom is -0.444 e. The van der Waals surface area contributed by atoms with E-state index in [9.17, 15) is 19.7 Å². The fourth-order valence-corrected chi connectivity index (χ4v) is 2.48. The van der Waals surface area contributed by atoms with Gasteiger partial charge in [-0.05, 0) is 26.8 Å². The molecule has 1 heterocycles. The number of carbonyl (C=O) groups excluding carboxylic acids is 2. The summed E-state index contributed by atoms with van der Waals surface area (Å²) in [4.78, 5) is 37.8. The number of nitro benzene ring substituents is 1. The molecule has 0 aliphatic carbocycles. The second-order valence-corrected chi connectivity index (χ2v) is 7.01. The lowest BCUT2D eigenvalue weighted by Gasteiger charge is -2.35. The first-order valence-electron chi connectivity index (χ1n) is 8.40. The van der Waals surface area contributed by atoms with Crippen molar-refractivity contribution in [2.75, 3.05) is 38.0 Å². The van der Waals surface area contributed by atoms with Crippen LogP contribution in [0.1, 0.15) is 20.8 Å². The molecular weight excluding hydrogens is 340 g/mol. The molecule has 1 fully saturated rings. The maximum Gasteiger partial charge on any atom is 0.410 e. The second-order valence-electron chi connectivity index (χ2n) is 7.01. The Bertz CT molecular complexity index is 678. The number of ether oxygens (including phenoxy) is 1. The van der Waals surface area contributed by atoms with Crippen LogP contribution in [0, 0.1) is 10.1 Å². The topological polar surface area (TPSA) is 105 Å². The Kier molecular flexibility index (Phi) is 6.01. The fourth-order valence-electron chi connectivity index (χ4n) is 2.48. The van der Waals surface area contributed by atoms with Crippen LogP contribution in [0.3, 0.4) is 0 Å². The van der Waals surface area contributed by atoms with Crippen LogP contribution in [0.4, 0.5) is 16.2 Å². The molecule has 26 heavy (non-hydrogen) atoms. The van der Waals surface area contributed by atoms with Crippen molar-refractivity contribution in [2.45, 2.75) is 26.4 Å². The van der Waals surface area contributed by atoms with Gasteiger partial charge in [-0.2, -0.15) is 0 Å². The van der Waals surface area contributed by atoms with Crippen LogP contribution in [-0.2, 0) is 9.53 Å². The first-order valence-corrected chi connectivity index (χ1v) is 8.40. The molecule has 2 amide bonds. The highest BCUT2D eigenvalue weighted by molar-refractivity contribution is 5.81. The molecule has 0 spiro atoms. The van der Waals surface area contributed by atoms with Crippen molar-refractivity contribution >= 4 is 23.4 Å². The number of nitrogens with zero attached hydrogens (tertiary/aromatic N) is 3. The number of anilines is 1. The number of nitro groups is 1. The molecule has 0 bridgehead atoms. The molecule has 0 aromatic heterocycles. The molecular formula is C17H24N4O5. The summed E-state index contributed by atoms with van der Waals surface area (Å²) in [6.45, 7) is 7.14. The third-order valence-electron chi connectivity index (χ3n) is 3.78. The third-order valence-corrected chi connectivity index (χ3v) is 3.78. The van der Waals surface area contributed by atoms with Crippen LogP contribution in [0.25, 0.3) is 0 Å². The highest BCUT2D eigenvalue weighted by atomic mass is 16.6. The van der Waals surface area contributed by atoms with Gasteiger partial charge >= 0.3 is 6.09 Å². The van der Waals surface area contributed by atoms with Crippen molar-refractivity contribution in [3.05, 3.63) is 34.4 Å². The predicted octanol–water partition coefficient (Wildman–Crippen LogP) is 2.09. The fraction of sp³-hybridized carbons (Fsp3) is 0.529. The largest absolute Gasteiger partial charge is 0.444 e. The lowest BCUT2D eigenvalue weighted by Crippen LogP contribution is -2.52. The van der Waals surface area contributed by atoms with Crippen LogP contribution < -0.4 is 5.32 Å². The maximum absolute atomic E-state index is 12.3. The molecule has 1 aromatic carbocycles. The van der Waals surface area contributed by atoms with Crippen molar-refractivity contribution in [2.24, 2.45) is 0 Å². The van der Waals surface area contributed by atoms with Crippen molar-refractivity contribution in [1.29, 1.82) is 0 Å². The number of amides is 2. The van der Waals surface area contributed by atoms with Gasteiger partial charge in [-0.3, -0.25) is 14.9 Å². The zero-order chi connectivity index (χ0) is 19.3. The van der Waals surface area contributed by atoms with E-state index in [4.69, 9.17) is 4.74 Å². The van der Waals surface area contributed by atoms with Crippen LogP contribution in [0.15, 0.2) is 24.3 Å². The summed E-state index contributed by atoms with van der Waals surface area (Å²) in [5, 5.41) is 13.7. The van der Waals surface area contributed by atoms with Gasteiger partial charge in [0.25, 0.3) is 5.69 Å². The first-order chi connectivity index (χ1) is 12.2. The van der Waals surface area contributed by atoms with Gasteiger partial charge in [0.05, 0.1) is 11.5 Å². The quantitative estimate of drug-likeness (QED) is 0.648. The van der Waals surface area contributed by atoms with Gasteiger partial charge in [-0.25, -0.2) is 4.79 Å². The Morgan fingerprint density at radius 1 is 1.19 bits per heavy atom. The molecule has 0 atom stereocenters. The van der Waals surface area contributed by atoms with E-state index in [1.54, 1.807) is 21.9 Å². The monoisotopic (exact) mass is 364 g/mol. The molecule has 9 heteroatoms. The zero-order valence-electron chi connectivity index (χ0n) is 15.2. The Labute approximate surface area is 152 Å². The maximum atomic E-state index is 12.3. The number of rotatable bonds is 4. The molecule has 142 valence electrons. The molecule has 0 radical (unpaired) electrons. The minimum absolute atomic E-state index is 0.0339. The van der Waals surface area contributed by atoms with Crippen molar-refractivity contribution in [1.82, 2.24) is 9.80 Å². The molecule has 1 saturated heterocycles. The summed E-state index contributed by atoms with van der Waals surface area (Å²) in [6, 6.07) is 6.00. The van der Waals surface area contributed by atoms with Crippen molar-refractivity contribution in [3.8, 4) is 0 Å². The van der Waals surface area contributed by atoms with Crippen LogP contribution in [-0.4, -0.2) is 65.0 Å². The first kappa shape index (κ1) is 19.5. The van der Waals surface area contributed by atoms with E-state index < -0.39 is 10.5 Å². The molecule has 9 nitrogen and oxygen atoms in total. The number of carbonyl (C=O) groups is 2. The van der Waals surface area contributed by atoms with Gasteiger partial charge in [0.15, 0.2) is 0 Å². The average molecular weight is 364 g/mol. The van der Waals surface area contributed by atoms with Gasteiger partial charge in [-0.15, -0.1) is 0 Å². The molecule has 1 aromatic rings. The molecule has 1 aliphatic rings. The van der Waals surface area contributed by atoms with E-state index in [1.807, 2.05) is 20.8 Å². The van der Waals surface area contributed by atoms with Crippen molar-refractivity contribution in [3.63, 3.8) is 0 Å². The Hall–Kier alpha value is -2.84. The number of piperazine rings is 1. The summed E-state index contributed by atoms with van der Waals surface area (Å²) in [5.41, 5.74) is -0.0694. The predicted molar refractivity (Wildman–Crippen MR) is 96.0 cm³/mol. The second kappa shape index (κ2) is 8.03. The van der Waals surface area contributed by atoms with E-state index in [-0.39, 0.29) is 24.2 Å².